The van der Waals surface area contributed by atoms with Crippen molar-refractivity contribution in [2.75, 3.05) is 6.54 Å². The number of hydrogen-bond acceptors (Lipinski definition) is 4. The van der Waals surface area contributed by atoms with Crippen LogP contribution in [-0.2, 0) is 16.1 Å². The van der Waals surface area contributed by atoms with Crippen LogP contribution >= 0.6 is 0 Å². The lowest BCUT2D eigenvalue weighted by Gasteiger charge is -2.15. The highest BCUT2D eigenvalue weighted by Crippen LogP contribution is 2.13. The smallest absolute Gasteiger partial charge is 0.261 e. The van der Waals surface area contributed by atoms with Crippen LogP contribution in [0.25, 0.3) is 0 Å². The van der Waals surface area contributed by atoms with E-state index in [9.17, 15) is 14.4 Å². The first kappa shape index (κ1) is 20.0. The minimum atomic E-state index is -0.633. The molecule has 0 radical (unpaired) electrons. The van der Waals surface area contributed by atoms with Gasteiger partial charge in [-0.05, 0) is 43.7 Å². The van der Waals surface area contributed by atoms with Crippen LogP contribution in [0.2, 0.25) is 0 Å². The minimum Gasteiger partial charge on any atom is -0.481 e. The molecule has 1 unspecified atom stereocenters. The molecule has 0 aliphatic rings. The topological polar surface area (TPSA) is 111 Å². The fraction of sp³-hybridized carbons (Fsp3) is 0.250. The zero-order valence-corrected chi connectivity index (χ0v) is 15.3. The van der Waals surface area contributed by atoms with Crippen molar-refractivity contribution >= 4 is 17.7 Å². The van der Waals surface area contributed by atoms with E-state index in [2.05, 4.69) is 10.6 Å². The second-order valence-electron chi connectivity index (χ2n) is 6.14. The van der Waals surface area contributed by atoms with Gasteiger partial charge in [-0.15, -0.1) is 0 Å². The van der Waals surface area contributed by atoms with Gasteiger partial charge in [-0.25, -0.2) is 0 Å². The van der Waals surface area contributed by atoms with E-state index in [4.69, 9.17) is 10.5 Å². The van der Waals surface area contributed by atoms with E-state index in [1.54, 1.807) is 31.2 Å². The number of rotatable bonds is 8. The molecule has 0 saturated carbocycles. The Balaban J connectivity index is 1.82. The zero-order chi connectivity index (χ0) is 19.8. The highest BCUT2D eigenvalue weighted by atomic mass is 16.5. The average Bonchev–Trinajstić information content (AvgIpc) is 2.66. The molecule has 7 heteroatoms. The van der Waals surface area contributed by atoms with Crippen LogP contribution in [0.5, 0.6) is 5.75 Å². The summed E-state index contributed by atoms with van der Waals surface area (Å²) in [6.45, 7) is 3.76. The number of carbonyl (C=O) groups excluding carboxylic acids is 3. The second-order valence-corrected chi connectivity index (χ2v) is 6.14. The summed E-state index contributed by atoms with van der Waals surface area (Å²) in [4.78, 5) is 34.7. The fourth-order valence-electron chi connectivity index (χ4n) is 2.25. The van der Waals surface area contributed by atoms with E-state index < -0.39 is 12.0 Å². The maximum Gasteiger partial charge on any atom is 0.261 e. The van der Waals surface area contributed by atoms with Gasteiger partial charge in [0.1, 0.15) is 5.75 Å². The molecule has 0 aromatic heterocycles. The molecular formula is C20H23N3O4. The summed E-state index contributed by atoms with van der Waals surface area (Å²) < 4.78 is 5.61. The third kappa shape index (κ3) is 6.47. The molecule has 3 amide bonds. The molecule has 2 rings (SSSR count). The molecule has 2 aromatic rings. The predicted molar refractivity (Wildman–Crippen MR) is 101 cm³/mol. The Morgan fingerprint density at radius 2 is 1.63 bits per heavy atom. The minimum absolute atomic E-state index is 0.213. The zero-order valence-electron chi connectivity index (χ0n) is 15.3. The van der Waals surface area contributed by atoms with Crippen LogP contribution in [-0.4, -0.2) is 30.4 Å². The van der Waals surface area contributed by atoms with Crippen molar-refractivity contribution in [3.8, 4) is 5.75 Å². The number of amides is 3. The predicted octanol–water partition coefficient (Wildman–Crippen LogP) is 1.29. The molecule has 0 bridgehead atoms. The molecule has 27 heavy (non-hydrogen) atoms. The van der Waals surface area contributed by atoms with Crippen LogP contribution in [0.15, 0.2) is 48.5 Å². The van der Waals surface area contributed by atoms with Crippen molar-refractivity contribution in [3.63, 3.8) is 0 Å². The van der Waals surface area contributed by atoms with Gasteiger partial charge in [0.2, 0.25) is 5.91 Å². The number of ether oxygens (including phenoxy) is 1. The van der Waals surface area contributed by atoms with Crippen molar-refractivity contribution in [2.45, 2.75) is 26.5 Å². The van der Waals surface area contributed by atoms with Gasteiger partial charge in [-0.3, -0.25) is 14.4 Å². The second kappa shape index (κ2) is 9.38. The number of hydrogen-bond donors (Lipinski definition) is 3. The lowest BCUT2D eigenvalue weighted by molar-refractivity contribution is -0.127. The molecule has 2 aromatic carbocycles. The van der Waals surface area contributed by atoms with Crippen LogP contribution in [0, 0.1) is 6.92 Å². The van der Waals surface area contributed by atoms with E-state index in [-0.39, 0.29) is 18.4 Å². The van der Waals surface area contributed by atoms with Gasteiger partial charge in [-0.1, -0.05) is 29.8 Å². The van der Waals surface area contributed by atoms with Crippen molar-refractivity contribution in [1.82, 2.24) is 10.6 Å². The number of benzene rings is 2. The maximum atomic E-state index is 12.2. The lowest BCUT2D eigenvalue weighted by Crippen LogP contribution is -2.36. The van der Waals surface area contributed by atoms with Crippen molar-refractivity contribution < 1.29 is 19.1 Å². The number of carbonyl (C=O) groups is 3. The number of primary amides is 1. The van der Waals surface area contributed by atoms with E-state index in [1.807, 2.05) is 31.2 Å². The monoisotopic (exact) mass is 369 g/mol. The van der Waals surface area contributed by atoms with Gasteiger partial charge in [-0.2, -0.15) is 0 Å². The Bertz CT molecular complexity index is 801. The van der Waals surface area contributed by atoms with Gasteiger partial charge < -0.3 is 21.1 Å². The van der Waals surface area contributed by atoms with E-state index in [0.717, 1.165) is 11.1 Å². The summed E-state index contributed by atoms with van der Waals surface area (Å²) in [5.74, 6) is -0.595. The Morgan fingerprint density at radius 3 is 2.22 bits per heavy atom. The highest BCUT2D eigenvalue weighted by Gasteiger charge is 2.14. The maximum absolute atomic E-state index is 12.2. The van der Waals surface area contributed by atoms with E-state index in [0.29, 0.717) is 17.9 Å². The molecular weight excluding hydrogens is 346 g/mol. The summed E-state index contributed by atoms with van der Waals surface area (Å²) in [6.07, 6.45) is -0.633. The third-order valence-electron chi connectivity index (χ3n) is 3.81. The Hall–Kier alpha value is -3.35. The van der Waals surface area contributed by atoms with Gasteiger partial charge in [0.05, 0.1) is 6.54 Å². The van der Waals surface area contributed by atoms with E-state index >= 15 is 0 Å². The Kier molecular flexibility index (Phi) is 6.93. The standard InChI is InChI=1S/C20H23N3O4/c1-13-3-9-17(10-4-13)27-14(2)19(25)22-11-15-5-7-16(8-6-15)20(26)23-12-18(21)24/h3-10,14H,11-12H2,1-2H3,(H2,21,24)(H,22,25)(H,23,26). The Labute approximate surface area is 157 Å². The first-order valence-electron chi connectivity index (χ1n) is 8.51. The molecule has 0 fully saturated rings. The Morgan fingerprint density at radius 1 is 1.00 bits per heavy atom. The molecule has 4 N–H and O–H groups in total. The van der Waals surface area contributed by atoms with Crippen LogP contribution in [0.3, 0.4) is 0 Å². The molecule has 1 atom stereocenters. The molecule has 0 heterocycles. The normalized spacial score (nSPS) is 11.3. The molecule has 142 valence electrons. The quantitative estimate of drug-likeness (QED) is 0.651. The summed E-state index contributed by atoms with van der Waals surface area (Å²) in [6, 6.07) is 14.2. The van der Waals surface area contributed by atoms with Crippen LogP contribution in [0.4, 0.5) is 0 Å². The van der Waals surface area contributed by atoms with Crippen LogP contribution < -0.4 is 21.1 Å². The molecule has 0 aliphatic carbocycles. The summed E-state index contributed by atoms with van der Waals surface area (Å²) >= 11 is 0. The highest BCUT2D eigenvalue weighted by molar-refractivity contribution is 5.96. The fourth-order valence-corrected chi connectivity index (χ4v) is 2.25. The first-order chi connectivity index (χ1) is 12.8. The van der Waals surface area contributed by atoms with Gasteiger partial charge in [0.25, 0.3) is 11.8 Å². The first-order valence-corrected chi connectivity index (χ1v) is 8.51. The molecule has 0 spiro atoms. The van der Waals surface area contributed by atoms with Gasteiger partial charge in [0, 0.05) is 12.1 Å². The van der Waals surface area contributed by atoms with Crippen LogP contribution in [0.1, 0.15) is 28.4 Å². The molecule has 7 nitrogen and oxygen atoms in total. The summed E-state index contributed by atoms with van der Waals surface area (Å²) in [5, 5.41) is 5.20. The molecule has 0 saturated heterocycles. The van der Waals surface area contributed by atoms with Gasteiger partial charge >= 0.3 is 0 Å². The molecule has 0 aliphatic heterocycles. The number of aryl methyl sites for hydroxylation is 1. The lowest BCUT2D eigenvalue weighted by atomic mass is 10.1. The third-order valence-corrected chi connectivity index (χ3v) is 3.81. The summed E-state index contributed by atoms with van der Waals surface area (Å²) in [7, 11) is 0. The van der Waals surface area contributed by atoms with Crippen molar-refractivity contribution in [3.05, 3.63) is 65.2 Å². The SMILES string of the molecule is Cc1ccc(OC(C)C(=O)NCc2ccc(C(=O)NCC(N)=O)cc2)cc1. The van der Waals surface area contributed by atoms with E-state index in [1.165, 1.54) is 0 Å². The number of nitrogens with one attached hydrogen (secondary N) is 2. The van der Waals surface area contributed by atoms with Crippen molar-refractivity contribution in [2.24, 2.45) is 5.73 Å². The number of nitrogens with two attached hydrogens (primary N) is 1. The average molecular weight is 369 g/mol. The largest absolute Gasteiger partial charge is 0.481 e. The summed E-state index contributed by atoms with van der Waals surface area (Å²) in [5.41, 5.74) is 7.34. The van der Waals surface area contributed by atoms with Gasteiger partial charge in [0.15, 0.2) is 6.10 Å². The van der Waals surface area contributed by atoms with Crippen molar-refractivity contribution in [1.29, 1.82) is 0 Å².